The summed E-state index contributed by atoms with van der Waals surface area (Å²) in [5.74, 6) is 0.0145. The lowest BCUT2D eigenvalue weighted by Gasteiger charge is -2.34. The fraction of sp³-hybridized carbons (Fsp3) is 0.320. The van der Waals surface area contributed by atoms with E-state index in [2.05, 4.69) is 10.2 Å². The zero-order valence-electron chi connectivity index (χ0n) is 18.3. The first-order valence-corrected chi connectivity index (χ1v) is 11.7. The smallest absolute Gasteiger partial charge is 0.272 e. The van der Waals surface area contributed by atoms with Crippen molar-refractivity contribution in [2.24, 2.45) is 0 Å². The van der Waals surface area contributed by atoms with Crippen molar-refractivity contribution < 1.29 is 9.59 Å². The Morgan fingerprint density at radius 1 is 0.970 bits per heavy atom. The van der Waals surface area contributed by atoms with Crippen LogP contribution >= 0.6 is 11.6 Å². The standard InChI is InChI=1S/C25H26ClN5O2/c26-19-8-6-18(7-9-19)22-16-23(31(28-22)21-4-2-1-3-5-21)25(33)30-14-12-29(13-15-30)17-24(32)27-20-10-11-20/h1-9,16,20H,10-15,17H2,(H,27,32). The molecular weight excluding hydrogens is 438 g/mol. The summed E-state index contributed by atoms with van der Waals surface area (Å²) < 4.78 is 1.71. The molecule has 0 bridgehead atoms. The number of hydrogen-bond acceptors (Lipinski definition) is 4. The number of aromatic nitrogens is 2. The minimum absolute atomic E-state index is 0.0614. The minimum atomic E-state index is -0.0614. The van der Waals surface area contributed by atoms with Gasteiger partial charge in [0.2, 0.25) is 5.91 Å². The molecule has 5 rings (SSSR count). The third kappa shape index (κ3) is 5.10. The van der Waals surface area contributed by atoms with Crippen molar-refractivity contribution >= 4 is 23.4 Å². The fourth-order valence-electron chi connectivity index (χ4n) is 4.04. The Bertz CT molecular complexity index is 1130. The molecule has 33 heavy (non-hydrogen) atoms. The summed E-state index contributed by atoms with van der Waals surface area (Å²) in [5, 5.41) is 8.43. The van der Waals surface area contributed by atoms with Crippen molar-refractivity contribution in [3.05, 3.63) is 71.4 Å². The number of nitrogens with zero attached hydrogens (tertiary/aromatic N) is 4. The Kier molecular flexibility index (Phi) is 6.15. The lowest BCUT2D eigenvalue weighted by molar-refractivity contribution is -0.122. The molecule has 1 N–H and O–H groups in total. The van der Waals surface area contributed by atoms with Gasteiger partial charge in [-0.25, -0.2) is 4.68 Å². The van der Waals surface area contributed by atoms with Gasteiger partial charge in [0.15, 0.2) is 0 Å². The number of carbonyl (C=O) groups is 2. The third-order valence-corrected chi connectivity index (χ3v) is 6.29. The Hall–Kier alpha value is -3.16. The first-order chi connectivity index (χ1) is 16.1. The monoisotopic (exact) mass is 463 g/mol. The quantitative estimate of drug-likeness (QED) is 0.609. The minimum Gasteiger partial charge on any atom is -0.352 e. The van der Waals surface area contributed by atoms with Gasteiger partial charge in [0.1, 0.15) is 5.69 Å². The third-order valence-electron chi connectivity index (χ3n) is 6.04. The molecule has 1 saturated carbocycles. The molecule has 170 valence electrons. The number of nitrogens with one attached hydrogen (secondary N) is 1. The molecule has 1 aliphatic carbocycles. The van der Waals surface area contributed by atoms with Gasteiger partial charge in [-0.3, -0.25) is 14.5 Å². The van der Waals surface area contributed by atoms with Gasteiger partial charge in [0.25, 0.3) is 5.91 Å². The van der Waals surface area contributed by atoms with Crippen LogP contribution in [0.5, 0.6) is 0 Å². The summed E-state index contributed by atoms with van der Waals surface area (Å²) in [6.45, 7) is 2.89. The second kappa shape index (κ2) is 9.37. The van der Waals surface area contributed by atoms with E-state index in [-0.39, 0.29) is 11.8 Å². The molecule has 1 aromatic heterocycles. The number of carbonyl (C=O) groups excluding carboxylic acids is 2. The van der Waals surface area contributed by atoms with Gasteiger partial charge in [-0.1, -0.05) is 41.9 Å². The number of halogens is 1. The summed E-state index contributed by atoms with van der Waals surface area (Å²) in [5.41, 5.74) is 2.96. The Morgan fingerprint density at radius 3 is 2.33 bits per heavy atom. The van der Waals surface area contributed by atoms with Gasteiger partial charge >= 0.3 is 0 Å². The molecule has 2 aliphatic rings. The topological polar surface area (TPSA) is 70.5 Å². The highest BCUT2D eigenvalue weighted by Crippen LogP contribution is 2.24. The van der Waals surface area contributed by atoms with Crippen LogP contribution in [0, 0.1) is 0 Å². The summed E-state index contributed by atoms with van der Waals surface area (Å²) in [4.78, 5) is 29.6. The first-order valence-electron chi connectivity index (χ1n) is 11.3. The zero-order chi connectivity index (χ0) is 22.8. The lowest BCUT2D eigenvalue weighted by Crippen LogP contribution is -2.51. The van der Waals surface area contributed by atoms with Crippen LogP contribution in [-0.2, 0) is 4.79 Å². The number of amides is 2. The molecule has 2 aromatic carbocycles. The van der Waals surface area contributed by atoms with E-state index in [1.807, 2.05) is 65.6 Å². The maximum absolute atomic E-state index is 13.5. The molecular formula is C25H26ClN5O2. The molecule has 3 aromatic rings. The molecule has 1 aliphatic heterocycles. The average Bonchev–Trinajstić information content (AvgIpc) is 3.53. The van der Waals surface area contributed by atoms with Crippen LogP contribution in [0.15, 0.2) is 60.7 Å². The highest BCUT2D eigenvalue weighted by molar-refractivity contribution is 6.30. The van der Waals surface area contributed by atoms with E-state index >= 15 is 0 Å². The summed E-state index contributed by atoms with van der Waals surface area (Å²) in [6.07, 6.45) is 2.17. The molecule has 0 radical (unpaired) electrons. The van der Waals surface area contributed by atoms with Gasteiger partial charge in [0.05, 0.1) is 17.9 Å². The fourth-order valence-corrected chi connectivity index (χ4v) is 4.16. The number of rotatable bonds is 6. The molecule has 0 unspecified atom stereocenters. The van der Waals surface area contributed by atoms with Crippen LogP contribution in [0.4, 0.5) is 0 Å². The Morgan fingerprint density at radius 2 is 1.67 bits per heavy atom. The largest absolute Gasteiger partial charge is 0.352 e. The molecule has 1 saturated heterocycles. The van der Waals surface area contributed by atoms with Crippen LogP contribution in [0.3, 0.4) is 0 Å². The van der Waals surface area contributed by atoms with Crippen molar-refractivity contribution in [2.45, 2.75) is 18.9 Å². The second-order valence-electron chi connectivity index (χ2n) is 8.58. The van der Waals surface area contributed by atoms with Gasteiger partial charge in [-0.05, 0) is 43.2 Å². The van der Waals surface area contributed by atoms with E-state index in [1.165, 1.54) is 0 Å². The van der Waals surface area contributed by atoms with E-state index in [9.17, 15) is 9.59 Å². The predicted molar refractivity (Wildman–Crippen MR) is 128 cm³/mol. The second-order valence-corrected chi connectivity index (χ2v) is 9.02. The molecule has 0 atom stereocenters. The number of hydrogen-bond donors (Lipinski definition) is 1. The summed E-state index contributed by atoms with van der Waals surface area (Å²) >= 11 is 6.04. The summed E-state index contributed by atoms with van der Waals surface area (Å²) in [6, 6.07) is 19.3. The van der Waals surface area contributed by atoms with Crippen molar-refractivity contribution in [1.29, 1.82) is 0 Å². The van der Waals surface area contributed by atoms with Crippen LogP contribution in [0.1, 0.15) is 23.3 Å². The molecule has 2 fully saturated rings. The molecule has 7 nitrogen and oxygen atoms in total. The van der Waals surface area contributed by atoms with Crippen molar-refractivity contribution in [3.8, 4) is 16.9 Å². The maximum Gasteiger partial charge on any atom is 0.272 e. The number of piperazine rings is 1. The predicted octanol–water partition coefficient (Wildman–Crippen LogP) is 3.23. The molecule has 2 heterocycles. The number of benzene rings is 2. The van der Waals surface area contributed by atoms with Crippen molar-refractivity contribution in [2.75, 3.05) is 32.7 Å². The summed E-state index contributed by atoms with van der Waals surface area (Å²) in [7, 11) is 0. The maximum atomic E-state index is 13.5. The van der Waals surface area contributed by atoms with Crippen LogP contribution in [0.25, 0.3) is 16.9 Å². The van der Waals surface area contributed by atoms with Crippen LogP contribution in [0.2, 0.25) is 5.02 Å². The van der Waals surface area contributed by atoms with Crippen LogP contribution < -0.4 is 5.32 Å². The molecule has 0 spiro atoms. The Balaban J connectivity index is 1.33. The van der Waals surface area contributed by atoms with E-state index in [1.54, 1.807) is 4.68 Å². The van der Waals surface area contributed by atoms with Gasteiger partial charge in [-0.15, -0.1) is 0 Å². The highest BCUT2D eigenvalue weighted by Gasteiger charge is 2.28. The molecule has 8 heteroatoms. The average molecular weight is 464 g/mol. The lowest BCUT2D eigenvalue weighted by atomic mass is 10.1. The van der Waals surface area contributed by atoms with E-state index < -0.39 is 0 Å². The van der Waals surface area contributed by atoms with E-state index in [0.717, 1.165) is 24.1 Å². The Labute approximate surface area is 197 Å². The number of para-hydroxylation sites is 1. The van der Waals surface area contributed by atoms with Gasteiger partial charge < -0.3 is 10.2 Å². The highest BCUT2D eigenvalue weighted by atomic mass is 35.5. The van der Waals surface area contributed by atoms with Crippen molar-refractivity contribution in [3.63, 3.8) is 0 Å². The van der Waals surface area contributed by atoms with Crippen LogP contribution in [-0.4, -0.2) is 70.2 Å². The molecule has 2 amide bonds. The van der Waals surface area contributed by atoms with E-state index in [0.29, 0.717) is 55.2 Å². The van der Waals surface area contributed by atoms with E-state index in [4.69, 9.17) is 16.7 Å². The zero-order valence-corrected chi connectivity index (χ0v) is 19.0. The van der Waals surface area contributed by atoms with Gasteiger partial charge in [-0.2, -0.15) is 5.10 Å². The van der Waals surface area contributed by atoms with Gasteiger partial charge in [0, 0.05) is 42.8 Å². The SMILES string of the molecule is O=C(CN1CCN(C(=O)c2cc(-c3ccc(Cl)cc3)nn2-c2ccccc2)CC1)NC1CC1. The van der Waals surface area contributed by atoms with Crippen molar-refractivity contribution in [1.82, 2.24) is 24.9 Å². The normalized spacial score (nSPS) is 16.6. The first kappa shape index (κ1) is 21.7.